The van der Waals surface area contributed by atoms with Crippen molar-refractivity contribution in [1.29, 1.82) is 0 Å². The van der Waals surface area contributed by atoms with E-state index in [0.29, 0.717) is 0 Å². The van der Waals surface area contributed by atoms with Gasteiger partial charge in [-0.05, 0) is 55.7 Å². The van der Waals surface area contributed by atoms with E-state index in [1.165, 1.54) is 47.0 Å². The summed E-state index contributed by atoms with van der Waals surface area (Å²) in [5.74, 6) is 0.957. The van der Waals surface area contributed by atoms with Crippen molar-refractivity contribution in [2.45, 2.75) is 38.6 Å². The average Bonchev–Trinajstić information content (AvgIpc) is 3.02. The summed E-state index contributed by atoms with van der Waals surface area (Å²) in [6.45, 7) is 2.16. The first-order valence-corrected chi connectivity index (χ1v) is 6.59. The monoisotopic (exact) mass is 265 g/mol. The highest BCUT2D eigenvalue weighted by atomic mass is 79.9. The van der Waals surface area contributed by atoms with E-state index in [0.717, 1.165) is 12.0 Å². The fourth-order valence-corrected chi connectivity index (χ4v) is 2.86. The fourth-order valence-electron chi connectivity index (χ4n) is 2.52. The van der Waals surface area contributed by atoms with Gasteiger partial charge in [0, 0.05) is 16.2 Å². The second-order valence-electron chi connectivity index (χ2n) is 4.89. The Hall–Kier alpha value is -0.500. The van der Waals surface area contributed by atoms with Crippen molar-refractivity contribution in [1.82, 2.24) is 0 Å². The predicted octanol–water partition coefficient (Wildman–Crippen LogP) is 3.89. The molecule has 0 bridgehead atoms. The van der Waals surface area contributed by atoms with E-state index in [4.69, 9.17) is 0 Å². The Morgan fingerprint density at radius 1 is 1.27 bits per heavy atom. The topological polar surface area (TPSA) is 12.0 Å². The average molecular weight is 266 g/mol. The lowest BCUT2D eigenvalue weighted by Gasteiger charge is -2.27. The molecule has 0 saturated heterocycles. The van der Waals surface area contributed by atoms with Gasteiger partial charge in [-0.15, -0.1) is 0 Å². The van der Waals surface area contributed by atoms with E-state index >= 15 is 0 Å². The maximum Gasteiger partial charge on any atom is 0.0386 e. The molecule has 0 radical (unpaired) electrons. The Kier molecular flexibility index (Phi) is 2.27. The van der Waals surface area contributed by atoms with Gasteiger partial charge in [-0.2, -0.15) is 0 Å². The summed E-state index contributed by atoms with van der Waals surface area (Å²) in [5.41, 5.74) is 4.20. The van der Waals surface area contributed by atoms with E-state index in [9.17, 15) is 0 Å². The van der Waals surface area contributed by atoms with Crippen molar-refractivity contribution in [3.8, 4) is 0 Å². The van der Waals surface area contributed by atoms with Crippen LogP contribution >= 0.6 is 15.9 Å². The third-order valence-electron chi connectivity index (χ3n) is 3.64. The van der Waals surface area contributed by atoms with Crippen LogP contribution < -0.4 is 5.32 Å². The maximum atomic E-state index is 3.70. The quantitative estimate of drug-likeness (QED) is 0.813. The van der Waals surface area contributed by atoms with Gasteiger partial charge in [0.15, 0.2) is 0 Å². The van der Waals surface area contributed by atoms with Gasteiger partial charge >= 0.3 is 0 Å². The number of fused-ring (bicyclic) bond motifs is 1. The van der Waals surface area contributed by atoms with Crippen LogP contribution in [0.1, 0.15) is 30.4 Å². The molecule has 0 spiro atoms. The molecule has 2 heteroatoms. The van der Waals surface area contributed by atoms with Gasteiger partial charge in [0.2, 0.25) is 0 Å². The van der Waals surface area contributed by atoms with E-state index < -0.39 is 0 Å². The first kappa shape index (κ1) is 9.71. The van der Waals surface area contributed by atoms with Crippen LogP contribution in [0.25, 0.3) is 0 Å². The standard InChI is InChI=1S/C13H16BrN/c1-8-6-10-4-5-12(9-2-3-9)15-13(10)7-11(8)14/h6-7,9,12,15H,2-5H2,1H3. The molecule has 15 heavy (non-hydrogen) atoms. The second-order valence-corrected chi connectivity index (χ2v) is 5.74. The number of rotatable bonds is 1. The van der Waals surface area contributed by atoms with Crippen LogP contribution in [0.15, 0.2) is 16.6 Å². The molecule has 1 nitrogen and oxygen atoms in total. The normalized spacial score (nSPS) is 24.5. The van der Waals surface area contributed by atoms with Gasteiger partial charge in [0.05, 0.1) is 0 Å². The van der Waals surface area contributed by atoms with E-state index in [-0.39, 0.29) is 0 Å². The second kappa shape index (κ2) is 3.51. The van der Waals surface area contributed by atoms with Gasteiger partial charge in [-0.25, -0.2) is 0 Å². The van der Waals surface area contributed by atoms with Gasteiger partial charge < -0.3 is 5.32 Å². The number of nitrogens with one attached hydrogen (secondary N) is 1. The zero-order chi connectivity index (χ0) is 10.4. The number of benzene rings is 1. The molecule has 80 valence electrons. The Balaban J connectivity index is 1.91. The zero-order valence-electron chi connectivity index (χ0n) is 9.02. The first-order chi connectivity index (χ1) is 7.24. The molecule has 1 atom stereocenters. The van der Waals surface area contributed by atoms with Gasteiger partial charge in [-0.3, -0.25) is 0 Å². The van der Waals surface area contributed by atoms with Crippen molar-refractivity contribution < 1.29 is 0 Å². The minimum atomic E-state index is 0.743. The molecule has 0 aromatic heterocycles. The lowest BCUT2D eigenvalue weighted by atomic mass is 9.94. The molecule has 1 aliphatic carbocycles. The van der Waals surface area contributed by atoms with Crippen molar-refractivity contribution in [3.05, 3.63) is 27.7 Å². The van der Waals surface area contributed by atoms with Crippen LogP contribution in [0.3, 0.4) is 0 Å². The molecule has 1 unspecified atom stereocenters. The molecule has 3 rings (SSSR count). The van der Waals surface area contributed by atoms with E-state index in [2.05, 4.69) is 40.3 Å². The molecule has 0 amide bonds. The lowest BCUT2D eigenvalue weighted by molar-refractivity contribution is 0.569. The van der Waals surface area contributed by atoms with E-state index in [1.54, 1.807) is 0 Å². The Morgan fingerprint density at radius 2 is 2.07 bits per heavy atom. The van der Waals surface area contributed by atoms with Crippen molar-refractivity contribution in [3.63, 3.8) is 0 Å². The largest absolute Gasteiger partial charge is 0.382 e. The number of hydrogen-bond acceptors (Lipinski definition) is 1. The SMILES string of the molecule is Cc1cc2c(cc1Br)NC(C1CC1)CC2. The molecule has 1 aromatic rings. The summed E-state index contributed by atoms with van der Waals surface area (Å²) >= 11 is 3.61. The van der Waals surface area contributed by atoms with Crippen molar-refractivity contribution in [2.24, 2.45) is 5.92 Å². The predicted molar refractivity (Wildman–Crippen MR) is 67.3 cm³/mol. The third kappa shape index (κ3) is 1.80. The minimum Gasteiger partial charge on any atom is -0.382 e. The minimum absolute atomic E-state index is 0.743. The molecule has 1 aromatic carbocycles. The van der Waals surface area contributed by atoms with Crippen molar-refractivity contribution in [2.75, 3.05) is 5.32 Å². The third-order valence-corrected chi connectivity index (χ3v) is 4.50. The fraction of sp³-hybridized carbons (Fsp3) is 0.538. The first-order valence-electron chi connectivity index (χ1n) is 5.79. The van der Waals surface area contributed by atoms with E-state index in [1.807, 2.05) is 0 Å². The smallest absolute Gasteiger partial charge is 0.0386 e. The molecule has 1 saturated carbocycles. The van der Waals surface area contributed by atoms with Crippen LogP contribution in [-0.2, 0) is 6.42 Å². The van der Waals surface area contributed by atoms with Crippen LogP contribution in [0, 0.1) is 12.8 Å². The maximum absolute atomic E-state index is 3.70. The highest BCUT2D eigenvalue weighted by Gasteiger charge is 2.33. The van der Waals surface area contributed by atoms with Crippen LogP contribution in [0.4, 0.5) is 5.69 Å². The number of aryl methyl sites for hydroxylation is 2. The summed E-state index contributed by atoms with van der Waals surface area (Å²) in [6, 6.07) is 5.31. The van der Waals surface area contributed by atoms with Crippen LogP contribution in [0.2, 0.25) is 0 Å². The van der Waals surface area contributed by atoms with Crippen molar-refractivity contribution >= 4 is 21.6 Å². The molecular formula is C13H16BrN. The van der Waals surface area contributed by atoms with Gasteiger partial charge in [0.1, 0.15) is 0 Å². The summed E-state index contributed by atoms with van der Waals surface area (Å²) < 4.78 is 1.23. The van der Waals surface area contributed by atoms with Crippen LogP contribution in [-0.4, -0.2) is 6.04 Å². The van der Waals surface area contributed by atoms with Gasteiger partial charge in [-0.1, -0.05) is 22.0 Å². The highest BCUT2D eigenvalue weighted by molar-refractivity contribution is 9.10. The summed E-state index contributed by atoms with van der Waals surface area (Å²) in [4.78, 5) is 0. The number of hydrogen-bond donors (Lipinski definition) is 1. The summed E-state index contributed by atoms with van der Waals surface area (Å²) in [6.07, 6.45) is 5.43. The molecule has 1 N–H and O–H groups in total. The summed E-state index contributed by atoms with van der Waals surface area (Å²) in [7, 11) is 0. The zero-order valence-corrected chi connectivity index (χ0v) is 10.6. The number of anilines is 1. The molecule has 1 aliphatic heterocycles. The molecular weight excluding hydrogens is 250 g/mol. The molecule has 2 aliphatic rings. The lowest BCUT2D eigenvalue weighted by Crippen LogP contribution is -2.27. The molecule has 1 heterocycles. The Morgan fingerprint density at radius 3 is 2.80 bits per heavy atom. The van der Waals surface area contributed by atoms with Gasteiger partial charge in [0.25, 0.3) is 0 Å². The Labute approximate surface area is 99.4 Å². The van der Waals surface area contributed by atoms with Crippen LogP contribution in [0.5, 0.6) is 0 Å². The number of halogens is 1. The summed E-state index contributed by atoms with van der Waals surface area (Å²) in [5, 5.41) is 3.70. The molecule has 1 fully saturated rings. The highest BCUT2D eigenvalue weighted by Crippen LogP contribution is 2.40. The Bertz CT molecular complexity index is 396.